The molecule has 1 atom stereocenters. The van der Waals surface area contributed by atoms with Gasteiger partial charge in [-0.3, -0.25) is 0 Å². The van der Waals surface area contributed by atoms with Crippen LogP contribution in [0.3, 0.4) is 0 Å². The number of aromatic hydroxyl groups is 1. The number of carboxylic acid groups (broad SMARTS) is 1. The molecule has 0 bridgehead atoms. The first-order valence-electron chi connectivity index (χ1n) is 10.2. The van der Waals surface area contributed by atoms with E-state index >= 15 is 0 Å². The van der Waals surface area contributed by atoms with Crippen LogP contribution < -0.4 is 0 Å². The fraction of sp³-hybridized carbons (Fsp3) is 0.682. The number of aliphatic hydroxyl groups is 1. The molecule has 0 spiro atoms. The molecule has 4 nitrogen and oxygen atoms in total. The van der Waals surface area contributed by atoms with Gasteiger partial charge < -0.3 is 15.3 Å². The second kappa shape index (κ2) is 13.6. The van der Waals surface area contributed by atoms with Crippen molar-refractivity contribution >= 4 is 5.97 Å². The van der Waals surface area contributed by atoms with E-state index in [4.69, 9.17) is 0 Å². The summed E-state index contributed by atoms with van der Waals surface area (Å²) in [7, 11) is 0. The maximum Gasteiger partial charge on any atom is 0.339 e. The van der Waals surface area contributed by atoms with E-state index in [0.717, 1.165) is 31.2 Å². The highest BCUT2D eigenvalue weighted by molar-refractivity contribution is 5.92. The van der Waals surface area contributed by atoms with E-state index in [-0.39, 0.29) is 17.4 Å². The van der Waals surface area contributed by atoms with E-state index in [1.54, 1.807) is 12.1 Å². The molecule has 148 valence electrons. The van der Waals surface area contributed by atoms with Gasteiger partial charge in [-0.2, -0.15) is 0 Å². The number of carbonyl (C=O) groups is 1. The number of hydrogen-bond acceptors (Lipinski definition) is 3. The van der Waals surface area contributed by atoms with Gasteiger partial charge in [0.25, 0.3) is 0 Å². The van der Waals surface area contributed by atoms with Crippen molar-refractivity contribution in [1.82, 2.24) is 0 Å². The van der Waals surface area contributed by atoms with Crippen molar-refractivity contribution in [3.8, 4) is 5.75 Å². The van der Waals surface area contributed by atoms with Crippen LogP contribution in [0.15, 0.2) is 18.2 Å². The first-order chi connectivity index (χ1) is 12.5. The number of aryl methyl sites for hydroxylation is 1. The summed E-state index contributed by atoms with van der Waals surface area (Å²) in [6, 6.07) is 4.94. The lowest BCUT2D eigenvalue weighted by Crippen LogP contribution is -2.03. The van der Waals surface area contributed by atoms with Crippen LogP contribution in [-0.2, 0) is 6.42 Å². The van der Waals surface area contributed by atoms with Crippen molar-refractivity contribution in [3.05, 3.63) is 29.3 Å². The molecular formula is C22H36O4. The van der Waals surface area contributed by atoms with Crippen molar-refractivity contribution in [2.24, 2.45) is 0 Å². The first-order valence-corrected chi connectivity index (χ1v) is 10.2. The molecule has 0 heterocycles. The van der Waals surface area contributed by atoms with Crippen LogP contribution in [0.1, 0.15) is 99.9 Å². The number of phenols is 1. The lowest BCUT2D eigenvalue weighted by molar-refractivity contribution is 0.0692. The Bertz CT molecular complexity index is 511. The van der Waals surface area contributed by atoms with E-state index < -0.39 is 5.97 Å². The van der Waals surface area contributed by atoms with Crippen molar-refractivity contribution < 1.29 is 20.1 Å². The molecule has 0 fully saturated rings. The second-order valence-electron chi connectivity index (χ2n) is 7.39. The van der Waals surface area contributed by atoms with Crippen molar-refractivity contribution in [1.29, 1.82) is 0 Å². The fourth-order valence-corrected chi connectivity index (χ4v) is 3.39. The molecule has 3 N–H and O–H groups in total. The average Bonchev–Trinajstić information content (AvgIpc) is 2.58. The van der Waals surface area contributed by atoms with E-state index in [1.165, 1.54) is 57.4 Å². The van der Waals surface area contributed by atoms with Gasteiger partial charge in [-0.25, -0.2) is 4.79 Å². The van der Waals surface area contributed by atoms with Gasteiger partial charge in [-0.05, 0) is 37.8 Å². The highest BCUT2D eigenvalue weighted by Crippen LogP contribution is 2.23. The fourth-order valence-electron chi connectivity index (χ4n) is 3.39. The van der Waals surface area contributed by atoms with E-state index in [1.807, 2.05) is 6.92 Å². The van der Waals surface area contributed by atoms with E-state index in [9.17, 15) is 20.1 Å². The van der Waals surface area contributed by atoms with Crippen LogP contribution in [0.5, 0.6) is 5.75 Å². The quantitative estimate of drug-likeness (QED) is 0.349. The minimum Gasteiger partial charge on any atom is -0.507 e. The van der Waals surface area contributed by atoms with Gasteiger partial charge >= 0.3 is 5.97 Å². The molecule has 0 saturated heterocycles. The van der Waals surface area contributed by atoms with Gasteiger partial charge in [0.15, 0.2) is 0 Å². The number of benzene rings is 1. The van der Waals surface area contributed by atoms with Gasteiger partial charge in [0.1, 0.15) is 11.3 Å². The van der Waals surface area contributed by atoms with Crippen LogP contribution in [0, 0.1) is 0 Å². The predicted octanol–water partition coefficient (Wildman–Crippen LogP) is 5.69. The Morgan fingerprint density at radius 3 is 1.88 bits per heavy atom. The van der Waals surface area contributed by atoms with E-state index in [2.05, 4.69) is 0 Å². The summed E-state index contributed by atoms with van der Waals surface area (Å²) in [6.45, 7) is 1.86. The number of hydrogen-bond donors (Lipinski definition) is 3. The Labute approximate surface area is 158 Å². The summed E-state index contributed by atoms with van der Waals surface area (Å²) in [6.07, 6.45) is 14.8. The lowest BCUT2D eigenvalue weighted by Gasteiger charge is -2.08. The second-order valence-corrected chi connectivity index (χ2v) is 7.39. The number of carboxylic acids is 1. The Morgan fingerprint density at radius 1 is 0.885 bits per heavy atom. The molecule has 0 unspecified atom stereocenters. The Morgan fingerprint density at radius 2 is 1.38 bits per heavy atom. The zero-order valence-corrected chi connectivity index (χ0v) is 16.3. The third-order valence-corrected chi connectivity index (χ3v) is 4.91. The molecular weight excluding hydrogens is 328 g/mol. The lowest BCUT2D eigenvalue weighted by atomic mass is 9.99. The van der Waals surface area contributed by atoms with E-state index in [0.29, 0.717) is 6.42 Å². The van der Waals surface area contributed by atoms with Gasteiger partial charge in [-0.1, -0.05) is 76.3 Å². The molecule has 1 rings (SSSR count). The summed E-state index contributed by atoms with van der Waals surface area (Å²) >= 11 is 0. The van der Waals surface area contributed by atoms with Crippen molar-refractivity contribution in [3.63, 3.8) is 0 Å². The molecule has 0 aliphatic carbocycles. The molecule has 26 heavy (non-hydrogen) atoms. The third-order valence-electron chi connectivity index (χ3n) is 4.91. The zero-order chi connectivity index (χ0) is 19.2. The molecule has 1 aromatic rings. The Hall–Kier alpha value is -1.55. The number of rotatable bonds is 15. The summed E-state index contributed by atoms with van der Waals surface area (Å²) in [4.78, 5) is 11.2. The highest BCUT2D eigenvalue weighted by atomic mass is 16.4. The third kappa shape index (κ3) is 9.81. The van der Waals surface area contributed by atoms with Crippen LogP contribution in [0.4, 0.5) is 0 Å². The molecule has 1 aromatic carbocycles. The van der Waals surface area contributed by atoms with Gasteiger partial charge in [0, 0.05) is 0 Å². The highest BCUT2D eigenvalue weighted by Gasteiger charge is 2.14. The van der Waals surface area contributed by atoms with Crippen LogP contribution >= 0.6 is 0 Å². The van der Waals surface area contributed by atoms with Gasteiger partial charge in [0.05, 0.1) is 6.10 Å². The summed E-state index contributed by atoms with van der Waals surface area (Å²) in [5, 5.41) is 28.1. The van der Waals surface area contributed by atoms with Crippen LogP contribution in [0.2, 0.25) is 0 Å². The maximum absolute atomic E-state index is 11.2. The average molecular weight is 365 g/mol. The predicted molar refractivity (Wildman–Crippen MR) is 106 cm³/mol. The van der Waals surface area contributed by atoms with Crippen LogP contribution in [0.25, 0.3) is 0 Å². The van der Waals surface area contributed by atoms with Crippen molar-refractivity contribution in [2.75, 3.05) is 0 Å². The molecule has 0 aromatic heterocycles. The smallest absolute Gasteiger partial charge is 0.339 e. The number of aromatic carboxylic acids is 1. The molecule has 0 radical (unpaired) electrons. The monoisotopic (exact) mass is 364 g/mol. The summed E-state index contributed by atoms with van der Waals surface area (Å²) in [5.41, 5.74) is 0.786. The normalized spacial score (nSPS) is 12.2. The summed E-state index contributed by atoms with van der Waals surface area (Å²) < 4.78 is 0. The maximum atomic E-state index is 11.2. The SMILES string of the molecule is C[C@@H](O)CCCCCCCCCCCCCc1cccc(O)c1C(=O)O. The minimum absolute atomic E-state index is 0.0564. The largest absolute Gasteiger partial charge is 0.507 e. The zero-order valence-electron chi connectivity index (χ0n) is 16.3. The molecule has 4 heteroatoms. The number of unbranched alkanes of at least 4 members (excludes halogenated alkanes) is 10. The Kier molecular flexibility index (Phi) is 11.8. The molecule has 0 amide bonds. The Balaban J connectivity index is 1.99. The minimum atomic E-state index is -1.05. The van der Waals surface area contributed by atoms with Gasteiger partial charge in [0.2, 0.25) is 0 Å². The van der Waals surface area contributed by atoms with Crippen molar-refractivity contribution in [2.45, 2.75) is 96.5 Å². The first kappa shape index (κ1) is 22.5. The number of aliphatic hydroxyl groups excluding tert-OH is 1. The topological polar surface area (TPSA) is 77.8 Å². The molecule has 0 aliphatic heterocycles. The summed E-state index contributed by atoms with van der Waals surface area (Å²) in [5.74, 6) is -1.19. The molecule has 0 saturated carbocycles. The standard InChI is InChI=1S/C22H36O4/c1-18(23)14-11-9-7-5-3-2-4-6-8-10-12-15-19-16-13-17-20(24)21(19)22(25)26/h13,16-18,23-24H,2-12,14-15H2,1H3,(H,25,26)/t18-/m1/s1. The van der Waals surface area contributed by atoms with Crippen LogP contribution in [-0.4, -0.2) is 27.4 Å². The van der Waals surface area contributed by atoms with Gasteiger partial charge in [-0.15, -0.1) is 0 Å². The molecule has 0 aliphatic rings.